The van der Waals surface area contributed by atoms with Crippen molar-refractivity contribution in [2.24, 2.45) is 0 Å². The molecule has 0 radical (unpaired) electrons. The van der Waals surface area contributed by atoms with Crippen LogP contribution in [-0.2, 0) is 12.3 Å². The standard InChI is InChI=1S/C11H18N6S3/c1-3-5-7-18-10-13-14-11(20-10)19-8-9-12-15-16-17(9)6-4-2/h3-8H2,1-2H3. The van der Waals surface area contributed by atoms with Crippen molar-refractivity contribution in [2.75, 3.05) is 5.75 Å². The summed E-state index contributed by atoms with van der Waals surface area (Å²) in [7, 11) is 0. The second-order valence-electron chi connectivity index (χ2n) is 4.14. The first-order valence-electron chi connectivity index (χ1n) is 6.67. The normalized spacial score (nSPS) is 11.1. The predicted molar refractivity (Wildman–Crippen MR) is 83.2 cm³/mol. The van der Waals surface area contributed by atoms with Gasteiger partial charge in [-0.25, -0.2) is 4.68 Å². The van der Waals surface area contributed by atoms with Gasteiger partial charge in [0.25, 0.3) is 0 Å². The summed E-state index contributed by atoms with van der Waals surface area (Å²) in [6.45, 7) is 5.17. The number of hydrogen-bond acceptors (Lipinski definition) is 8. The van der Waals surface area contributed by atoms with Crippen molar-refractivity contribution in [3.8, 4) is 0 Å². The van der Waals surface area contributed by atoms with Crippen molar-refractivity contribution < 1.29 is 0 Å². The maximum atomic E-state index is 4.20. The molecule has 20 heavy (non-hydrogen) atoms. The number of unbranched alkanes of at least 4 members (excludes halogenated alkanes) is 1. The van der Waals surface area contributed by atoms with E-state index in [9.17, 15) is 0 Å². The SMILES string of the molecule is CCCCSc1nnc(SCc2nnnn2CCC)s1. The fourth-order valence-corrected chi connectivity index (χ4v) is 4.56. The van der Waals surface area contributed by atoms with Gasteiger partial charge in [0.1, 0.15) is 0 Å². The molecule has 0 aliphatic rings. The predicted octanol–water partition coefficient (Wildman–Crippen LogP) is 3.12. The highest BCUT2D eigenvalue weighted by Crippen LogP contribution is 2.30. The van der Waals surface area contributed by atoms with E-state index < -0.39 is 0 Å². The van der Waals surface area contributed by atoms with E-state index in [2.05, 4.69) is 39.6 Å². The Morgan fingerprint density at radius 2 is 1.85 bits per heavy atom. The smallest absolute Gasteiger partial charge is 0.175 e. The monoisotopic (exact) mass is 330 g/mol. The van der Waals surface area contributed by atoms with Crippen molar-refractivity contribution in [1.29, 1.82) is 0 Å². The average Bonchev–Trinajstić information content (AvgIpc) is 3.07. The number of nitrogens with zero attached hydrogens (tertiary/aromatic N) is 6. The molecular weight excluding hydrogens is 312 g/mol. The summed E-state index contributed by atoms with van der Waals surface area (Å²) in [6, 6.07) is 0. The van der Waals surface area contributed by atoms with E-state index in [4.69, 9.17) is 0 Å². The van der Waals surface area contributed by atoms with Gasteiger partial charge in [-0.15, -0.1) is 15.3 Å². The number of hydrogen-bond donors (Lipinski definition) is 0. The van der Waals surface area contributed by atoms with Crippen LogP contribution in [0, 0.1) is 0 Å². The van der Waals surface area contributed by atoms with Gasteiger partial charge in [-0.3, -0.25) is 0 Å². The molecule has 0 fully saturated rings. The lowest BCUT2D eigenvalue weighted by Crippen LogP contribution is -2.04. The minimum Gasteiger partial charge on any atom is -0.229 e. The molecule has 0 spiro atoms. The summed E-state index contributed by atoms with van der Waals surface area (Å²) in [6.07, 6.45) is 3.46. The fraction of sp³-hybridized carbons (Fsp3) is 0.727. The van der Waals surface area contributed by atoms with Crippen LogP contribution in [0.25, 0.3) is 0 Å². The van der Waals surface area contributed by atoms with Gasteiger partial charge in [-0.1, -0.05) is 55.1 Å². The van der Waals surface area contributed by atoms with Gasteiger partial charge in [0.15, 0.2) is 14.5 Å². The fourth-order valence-electron chi connectivity index (χ4n) is 1.46. The van der Waals surface area contributed by atoms with Gasteiger partial charge in [0.05, 0.1) is 5.75 Å². The van der Waals surface area contributed by atoms with Crippen molar-refractivity contribution in [2.45, 2.75) is 54.1 Å². The molecule has 0 aromatic carbocycles. The van der Waals surface area contributed by atoms with Crippen LogP contribution in [0.15, 0.2) is 8.68 Å². The maximum absolute atomic E-state index is 4.20. The molecular formula is C11H18N6S3. The molecule has 2 aromatic heterocycles. The third kappa shape index (κ3) is 4.71. The number of rotatable bonds is 9. The molecule has 2 heterocycles. The summed E-state index contributed by atoms with van der Waals surface area (Å²) < 4.78 is 3.88. The summed E-state index contributed by atoms with van der Waals surface area (Å²) in [4.78, 5) is 0. The third-order valence-corrected chi connectivity index (χ3v) is 5.75. The molecule has 2 rings (SSSR count). The lowest BCUT2D eigenvalue weighted by Gasteiger charge is -2.00. The highest BCUT2D eigenvalue weighted by Gasteiger charge is 2.09. The van der Waals surface area contributed by atoms with E-state index in [1.807, 2.05) is 4.68 Å². The Morgan fingerprint density at radius 3 is 2.60 bits per heavy atom. The highest BCUT2D eigenvalue weighted by molar-refractivity contribution is 8.02. The summed E-state index contributed by atoms with van der Waals surface area (Å²) in [5.41, 5.74) is 0. The van der Waals surface area contributed by atoms with Gasteiger partial charge < -0.3 is 0 Å². The van der Waals surface area contributed by atoms with E-state index in [1.54, 1.807) is 34.9 Å². The first kappa shape index (κ1) is 15.7. The first-order valence-corrected chi connectivity index (χ1v) is 9.46. The lowest BCUT2D eigenvalue weighted by atomic mass is 10.4. The zero-order valence-corrected chi connectivity index (χ0v) is 14.1. The molecule has 2 aromatic rings. The molecule has 6 nitrogen and oxygen atoms in total. The first-order chi connectivity index (χ1) is 9.83. The van der Waals surface area contributed by atoms with Crippen molar-refractivity contribution in [3.05, 3.63) is 5.82 Å². The molecule has 9 heteroatoms. The Hall–Kier alpha value is -0.670. The van der Waals surface area contributed by atoms with Crippen molar-refractivity contribution in [1.82, 2.24) is 30.4 Å². The van der Waals surface area contributed by atoms with Crippen molar-refractivity contribution in [3.63, 3.8) is 0 Å². The number of tetrazole rings is 1. The van der Waals surface area contributed by atoms with E-state index in [-0.39, 0.29) is 0 Å². The van der Waals surface area contributed by atoms with Gasteiger partial charge in [0.2, 0.25) is 0 Å². The second kappa shape index (κ2) is 8.58. The largest absolute Gasteiger partial charge is 0.229 e. The van der Waals surface area contributed by atoms with Crippen LogP contribution in [0.5, 0.6) is 0 Å². The molecule has 0 unspecified atom stereocenters. The third-order valence-electron chi connectivity index (χ3n) is 2.48. The number of aromatic nitrogens is 6. The molecule has 0 saturated carbocycles. The van der Waals surface area contributed by atoms with E-state index in [1.165, 1.54) is 12.8 Å². The van der Waals surface area contributed by atoms with Gasteiger partial charge in [0, 0.05) is 12.3 Å². The molecule has 0 aliphatic heterocycles. The van der Waals surface area contributed by atoms with Crippen LogP contribution in [-0.4, -0.2) is 36.2 Å². The average molecular weight is 331 g/mol. The molecule has 0 bridgehead atoms. The van der Waals surface area contributed by atoms with Crippen LogP contribution in [0.4, 0.5) is 0 Å². The molecule has 0 N–H and O–H groups in total. The Kier molecular flexibility index (Phi) is 6.74. The van der Waals surface area contributed by atoms with Crippen LogP contribution >= 0.6 is 34.9 Å². The zero-order chi connectivity index (χ0) is 14.2. The van der Waals surface area contributed by atoms with E-state index in [0.29, 0.717) is 0 Å². The molecule has 0 amide bonds. The minimum atomic E-state index is 0.737. The zero-order valence-electron chi connectivity index (χ0n) is 11.7. The molecule has 0 saturated heterocycles. The quantitative estimate of drug-likeness (QED) is 0.517. The highest BCUT2D eigenvalue weighted by atomic mass is 32.2. The second-order valence-corrected chi connectivity index (χ2v) is 7.68. The van der Waals surface area contributed by atoms with Gasteiger partial charge >= 0.3 is 0 Å². The molecule has 0 aliphatic carbocycles. The van der Waals surface area contributed by atoms with Crippen LogP contribution in [0.3, 0.4) is 0 Å². The lowest BCUT2D eigenvalue weighted by molar-refractivity contribution is 0.564. The molecule has 0 atom stereocenters. The maximum Gasteiger partial charge on any atom is 0.175 e. The number of thioether (sulfide) groups is 2. The van der Waals surface area contributed by atoms with Crippen molar-refractivity contribution >= 4 is 34.9 Å². The Labute approximate surface area is 131 Å². The van der Waals surface area contributed by atoms with E-state index >= 15 is 0 Å². The van der Waals surface area contributed by atoms with E-state index in [0.717, 1.165) is 39.0 Å². The topological polar surface area (TPSA) is 69.4 Å². The summed E-state index contributed by atoms with van der Waals surface area (Å²) in [5, 5.41) is 20.2. The van der Waals surface area contributed by atoms with Gasteiger partial charge in [-0.2, -0.15) is 0 Å². The van der Waals surface area contributed by atoms with Gasteiger partial charge in [-0.05, 0) is 23.3 Å². The summed E-state index contributed by atoms with van der Waals surface area (Å²) >= 11 is 5.08. The minimum absolute atomic E-state index is 0.737. The Bertz CT molecular complexity index is 512. The molecule has 110 valence electrons. The Balaban J connectivity index is 1.83. The number of aryl methyl sites for hydroxylation is 1. The summed E-state index contributed by atoms with van der Waals surface area (Å²) in [5.74, 6) is 2.75. The van der Waals surface area contributed by atoms with Crippen LogP contribution < -0.4 is 0 Å². The van der Waals surface area contributed by atoms with Crippen LogP contribution in [0.1, 0.15) is 38.9 Å². The Morgan fingerprint density at radius 1 is 1.05 bits per heavy atom. The van der Waals surface area contributed by atoms with Crippen LogP contribution in [0.2, 0.25) is 0 Å².